The van der Waals surface area contributed by atoms with E-state index in [4.69, 9.17) is 0 Å². The molecule has 1 unspecified atom stereocenters. The Morgan fingerprint density at radius 3 is 2.00 bits per heavy atom. The topological polar surface area (TPSA) is 12.0 Å². The van der Waals surface area contributed by atoms with E-state index in [1.54, 1.807) is 0 Å². The molecule has 0 aromatic heterocycles. The number of hydrogen-bond donors (Lipinski definition) is 1. The zero-order chi connectivity index (χ0) is 9.72. The van der Waals surface area contributed by atoms with Crippen molar-refractivity contribution in [2.24, 2.45) is 17.8 Å². The molecule has 0 spiro atoms. The van der Waals surface area contributed by atoms with Crippen molar-refractivity contribution in [2.45, 2.75) is 34.1 Å². The van der Waals surface area contributed by atoms with E-state index < -0.39 is 0 Å². The fourth-order valence-corrected chi connectivity index (χ4v) is 1.51. The maximum Gasteiger partial charge on any atom is 0.00652 e. The predicted molar refractivity (Wildman–Crippen MR) is 56.0 cm³/mol. The molecule has 12 heavy (non-hydrogen) atoms. The maximum atomic E-state index is 4.04. The van der Waals surface area contributed by atoms with Crippen LogP contribution in [0.2, 0.25) is 0 Å². The zero-order valence-electron chi connectivity index (χ0n) is 9.15. The molecule has 0 radical (unpaired) electrons. The van der Waals surface area contributed by atoms with Crippen molar-refractivity contribution in [1.29, 1.82) is 0 Å². The van der Waals surface area contributed by atoms with E-state index in [2.05, 4.69) is 39.6 Å². The molecule has 0 heterocycles. The first-order valence-electron chi connectivity index (χ1n) is 4.85. The summed E-state index contributed by atoms with van der Waals surface area (Å²) in [4.78, 5) is 0. The molecular weight excluding hydrogens is 146 g/mol. The Morgan fingerprint density at radius 2 is 1.75 bits per heavy atom. The minimum Gasteiger partial charge on any atom is -0.392 e. The second kappa shape index (κ2) is 5.23. The predicted octanol–water partition coefficient (Wildman–Crippen LogP) is 3.04. The van der Waals surface area contributed by atoms with Crippen LogP contribution in [-0.2, 0) is 0 Å². The van der Waals surface area contributed by atoms with Gasteiger partial charge in [0.1, 0.15) is 0 Å². The average molecular weight is 169 g/mol. The van der Waals surface area contributed by atoms with Crippen LogP contribution in [-0.4, -0.2) is 7.05 Å². The molecule has 1 N–H and O–H groups in total. The van der Waals surface area contributed by atoms with Crippen molar-refractivity contribution in [2.75, 3.05) is 7.05 Å². The van der Waals surface area contributed by atoms with Crippen molar-refractivity contribution >= 4 is 0 Å². The summed E-state index contributed by atoms with van der Waals surface area (Å²) in [6.45, 7) is 13.1. The lowest BCUT2D eigenvalue weighted by atomic mass is 9.85. The third-order valence-electron chi connectivity index (χ3n) is 2.30. The Morgan fingerprint density at radius 1 is 1.25 bits per heavy atom. The minimum atomic E-state index is 0.620. The Labute approximate surface area is 77.2 Å². The molecule has 1 heteroatoms. The number of rotatable bonds is 5. The summed E-state index contributed by atoms with van der Waals surface area (Å²) in [5.41, 5.74) is 1.18. The molecule has 0 aromatic carbocycles. The van der Waals surface area contributed by atoms with E-state index in [0.29, 0.717) is 11.8 Å². The quantitative estimate of drug-likeness (QED) is 0.667. The normalized spacial score (nSPS) is 13.6. The van der Waals surface area contributed by atoms with E-state index in [1.165, 1.54) is 12.1 Å². The number of hydrogen-bond acceptors (Lipinski definition) is 1. The van der Waals surface area contributed by atoms with Gasteiger partial charge < -0.3 is 5.32 Å². The average Bonchev–Trinajstić information content (AvgIpc) is 1.98. The van der Waals surface area contributed by atoms with E-state index in [-0.39, 0.29) is 0 Å². The van der Waals surface area contributed by atoms with Gasteiger partial charge in [-0.15, -0.1) is 0 Å². The second-order valence-electron chi connectivity index (χ2n) is 4.26. The van der Waals surface area contributed by atoms with Crippen molar-refractivity contribution < 1.29 is 0 Å². The third kappa shape index (κ3) is 3.80. The van der Waals surface area contributed by atoms with Gasteiger partial charge in [-0.25, -0.2) is 0 Å². The van der Waals surface area contributed by atoms with Gasteiger partial charge in [0.15, 0.2) is 0 Å². The molecule has 0 saturated carbocycles. The van der Waals surface area contributed by atoms with Gasteiger partial charge in [-0.3, -0.25) is 0 Å². The molecule has 0 fully saturated rings. The van der Waals surface area contributed by atoms with Gasteiger partial charge in [0.2, 0.25) is 0 Å². The summed E-state index contributed by atoms with van der Waals surface area (Å²) in [7, 11) is 1.96. The second-order valence-corrected chi connectivity index (χ2v) is 4.26. The molecule has 0 aliphatic heterocycles. The molecule has 0 aliphatic rings. The maximum absolute atomic E-state index is 4.04. The zero-order valence-corrected chi connectivity index (χ0v) is 9.15. The monoisotopic (exact) mass is 169 g/mol. The van der Waals surface area contributed by atoms with Gasteiger partial charge in [0.25, 0.3) is 0 Å². The Kier molecular flexibility index (Phi) is 5.03. The van der Waals surface area contributed by atoms with Crippen molar-refractivity contribution in [3.05, 3.63) is 12.3 Å². The fourth-order valence-electron chi connectivity index (χ4n) is 1.51. The molecule has 72 valence electrons. The molecule has 0 amide bonds. The molecule has 0 bridgehead atoms. The standard InChI is InChI=1S/C11H23N/c1-8(2)7-11(9(3)4)10(5)12-6/h8-9,11-12H,5,7H2,1-4,6H3. The largest absolute Gasteiger partial charge is 0.392 e. The van der Waals surface area contributed by atoms with Gasteiger partial charge in [0, 0.05) is 18.7 Å². The molecule has 0 aromatic rings. The van der Waals surface area contributed by atoms with Crippen LogP contribution in [0.4, 0.5) is 0 Å². The highest BCUT2D eigenvalue weighted by atomic mass is 14.8. The summed E-state index contributed by atoms with van der Waals surface area (Å²) in [5, 5.41) is 3.16. The lowest BCUT2D eigenvalue weighted by molar-refractivity contribution is 0.352. The van der Waals surface area contributed by atoms with Gasteiger partial charge >= 0.3 is 0 Å². The molecule has 0 rings (SSSR count). The number of nitrogens with one attached hydrogen (secondary N) is 1. The highest BCUT2D eigenvalue weighted by Gasteiger charge is 2.16. The minimum absolute atomic E-state index is 0.620. The van der Waals surface area contributed by atoms with Gasteiger partial charge in [-0.1, -0.05) is 34.3 Å². The van der Waals surface area contributed by atoms with Crippen LogP contribution >= 0.6 is 0 Å². The lowest BCUT2D eigenvalue weighted by Crippen LogP contribution is -2.21. The first-order valence-corrected chi connectivity index (χ1v) is 4.85. The molecular formula is C11H23N. The van der Waals surface area contributed by atoms with Crippen molar-refractivity contribution in [3.63, 3.8) is 0 Å². The van der Waals surface area contributed by atoms with Gasteiger partial charge in [-0.2, -0.15) is 0 Å². The van der Waals surface area contributed by atoms with Gasteiger partial charge in [0.05, 0.1) is 0 Å². The highest BCUT2D eigenvalue weighted by Crippen LogP contribution is 2.24. The van der Waals surface area contributed by atoms with Crippen LogP contribution in [0.1, 0.15) is 34.1 Å². The van der Waals surface area contributed by atoms with Crippen LogP contribution in [0.25, 0.3) is 0 Å². The molecule has 0 aliphatic carbocycles. The van der Waals surface area contributed by atoms with Crippen LogP contribution in [0.5, 0.6) is 0 Å². The summed E-state index contributed by atoms with van der Waals surface area (Å²) in [6, 6.07) is 0. The smallest absolute Gasteiger partial charge is 0.00652 e. The summed E-state index contributed by atoms with van der Waals surface area (Å²) < 4.78 is 0. The Hall–Kier alpha value is -0.460. The number of allylic oxidation sites excluding steroid dienone is 1. The molecule has 1 atom stereocenters. The van der Waals surface area contributed by atoms with Crippen LogP contribution in [0, 0.1) is 17.8 Å². The van der Waals surface area contributed by atoms with Crippen molar-refractivity contribution in [1.82, 2.24) is 5.32 Å². The van der Waals surface area contributed by atoms with E-state index in [1.807, 2.05) is 7.05 Å². The molecule has 1 nitrogen and oxygen atoms in total. The summed E-state index contributed by atoms with van der Waals surface area (Å²) in [5.74, 6) is 2.06. The fraction of sp³-hybridized carbons (Fsp3) is 0.818. The van der Waals surface area contributed by atoms with E-state index in [0.717, 1.165) is 5.92 Å². The Balaban J connectivity index is 4.13. The first kappa shape index (κ1) is 11.5. The Bertz CT molecular complexity index is 136. The van der Waals surface area contributed by atoms with Gasteiger partial charge in [-0.05, 0) is 18.3 Å². The van der Waals surface area contributed by atoms with Crippen LogP contribution in [0.15, 0.2) is 12.3 Å². The lowest BCUT2D eigenvalue weighted by Gasteiger charge is -2.24. The third-order valence-corrected chi connectivity index (χ3v) is 2.30. The van der Waals surface area contributed by atoms with E-state index >= 15 is 0 Å². The summed E-state index contributed by atoms with van der Waals surface area (Å²) >= 11 is 0. The molecule has 0 saturated heterocycles. The van der Waals surface area contributed by atoms with Crippen LogP contribution < -0.4 is 5.32 Å². The SMILES string of the molecule is C=C(NC)C(CC(C)C)C(C)C. The van der Waals surface area contributed by atoms with Crippen LogP contribution in [0.3, 0.4) is 0 Å². The first-order chi connectivity index (χ1) is 5.49. The summed E-state index contributed by atoms with van der Waals surface area (Å²) in [6.07, 6.45) is 1.23. The van der Waals surface area contributed by atoms with E-state index in [9.17, 15) is 0 Å². The highest BCUT2D eigenvalue weighted by molar-refractivity contribution is 4.98. The van der Waals surface area contributed by atoms with Crippen molar-refractivity contribution in [3.8, 4) is 0 Å².